The van der Waals surface area contributed by atoms with Crippen molar-refractivity contribution in [3.05, 3.63) is 0 Å². The van der Waals surface area contributed by atoms with Gasteiger partial charge in [-0.25, -0.2) is 0 Å². The first kappa shape index (κ1) is 14.8. The van der Waals surface area contributed by atoms with Crippen LogP contribution in [0.4, 0.5) is 0 Å². The van der Waals surface area contributed by atoms with Crippen LogP contribution in [0.25, 0.3) is 0 Å². The van der Waals surface area contributed by atoms with Crippen LogP contribution in [0.1, 0.15) is 39.0 Å². The first-order valence-corrected chi connectivity index (χ1v) is 7.50. The molecule has 2 aliphatic rings. The Kier molecular flexibility index (Phi) is 4.83. The van der Waals surface area contributed by atoms with Crippen molar-refractivity contribution in [2.75, 3.05) is 27.3 Å². The van der Waals surface area contributed by atoms with E-state index < -0.39 is 0 Å². The summed E-state index contributed by atoms with van der Waals surface area (Å²) >= 11 is 0. The van der Waals surface area contributed by atoms with E-state index in [1.807, 2.05) is 7.05 Å². The number of hydrogen-bond donors (Lipinski definition) is 1. The van der Waals surface area contributed by atoms with Crippen LogP contribution >= 0.6 is 0 Å². The van der Waals surface area contributed by atoms with Crippen LogP contribution < -0.4 is 5.32 Å². The Morgan fingerprint density at radius 1 is 1.47 bits per heavy atom. The highest BCUT2D eigenvalue weighted by molar-refractivity contribution is 5.13. The molecule has 2 saturated carbocycles. The van der Waals surface area contributed by atoms with Crippen LogP contribution in [0.15, 0.2) is 0 Å². The molecule has 4 nitrogen and oxygen atoms in total. The highest BCUT2D eigenvalue weighted by Gasteiger charge is 2.43. The third-order valence-corrected chi connectivity index (χ3v) is 5.03. The van der Waals surface area contributed by atoms with E-state index in [4.69, 9.17) is 4.74 Å². The molecule has 0 aliphatic heterocycles. The first-order chi connectivity index (χ1) is 9.15. The smallest absolute Gasteiger partial charge is 0.108 e. The molecule has 0 bridgehead atoms. The van der Waals surface area contributed by atoms with Gasteiger partial charge in [-0.1, -0.05) is 0 Å². The average molecular weight is 265 g/mol. The molecular weight excluding hydrogens is 238 g/mol. The maximum Gasteiger partial charge on any atom is 0.108 e. The normalized spacial score (nSPS) is 32.5. The Balaban J connectivity index is 2.00. The summed E-state index contributed by atoms with van der Waals surface area (Å²) in [6.45, 7) is 4.12. The second-order valence-electron chi connectivity index (χ2n) is 6.15. The minimum Gasteiger partial charge on any atom is -0.383 e. The summed E-state index contributed by atoms with van der Waals surface area (Å²) in [6, 6.07) is 3.64. The lowest BCUT2D eigenvalue weighted by molar-refractivity contribution is 0.0811. The summed E-state index contributed by atoms with van der Waals surface area (Å²) < 4.78 is 5.26. The van der Waals surface area contributed by atoms with E-state index in [2.05, 4.69) is 23.2 Å². The first-order valence-electron chi connectivity index (χ1n) is 7.50. The molecule has 2 rings (SSSR count). The fourth-order valence-corrected chi connectivity index (χ4v) is 3.45. The monoisotopic (exact) mass is 265 g/mol. The maximum atomic E-state index is 9.40. The van der Waals surface area contributed by atoms with Gasteiger partial charge in [0, 0.05) is 25.7 Å². The molecular formula is C15H27N3O. The standard InChI is InChI=1S/C15H27N3O/c1-12(13-4-5-13)18(8-9-19-3)14-6-7-15(10-14,11-16)17-2/h12-14,17H,4-10H2,1-3H3. The Morgan fingerprint density at radius 2 is 2.21 bits per heavy atom. The Bertz CT molecular complexity index is 337. The van der Waals surface area contributed by atoms with Crippen molar-refractivity contribution < 1.29 is 4.74 Å². The summed E-state index contributed by atoms with van der Waals surface area (Å²) in [6.07, 6.45) is 5.76. The molecule has 0 saturated heterocycles. The van der Waals surface area contributed by atoms with Crippen molar-refractivity contribution >= 4 is 0 Å². The van der Waals surface area contributed by atoms with E-state index in [0.717, 1.165) is 38.3 Å². The number of nitrogens with one attached hydrogen (secondary N) is 1. The number of nitriles is 1. The van der Waals surface area contributed by atoms with Gasteiger partial charge in [0.25, 0.3) is 0 Å². The number of ether oxygens (including phenoxy) is 1. The van der Waals surface area contributed by atoms with Gasteiger partial charge in [-0.3, -0.25) is 4.90 Å². The van der Waals surface area contributed by atoms with Crippen LogP contribution in [0, 0.1) is 17.2 Å². The van der Waals surface area contributed by atoms with Gasteiger partial charge in [0.1, 0.15) is 5.54 Å². The van der Waals surface area contributed by atoms with E-state index >= 15 is 0 Å². The van der Waals surface area contributed by atoms with Crippen molar-refractivity contribution in [3.63, 3.8) is 0 Å². The van der Waals surface area contributed by atoms with E-state index in [1.54, 1.807) is 7.11 Å². The van der Waals surface area contributed by atoms with E-state index in [-0.39, 0.29) is 5.54 Å². The predicted molar refractivity (Wildman–Crippen MR) is 75.8 cm³/mol. The zero-order valence-electron chi connectivity index (χ0n) is 12.5. The molecule has 4 heteroatoms. The van der Waals surface area contributed by atoms with Crippen LogP contribution in [0.3, 0.4) is 0 Å². The van der Waals surface area contributed by atoms with Crippen LogP contribution in [-0.2, 0) is 4.74 Å². The molecule has 3 atom stereocenters. The minimum absolute atomic E-state index is 0.306. The van der Waals surface area contributed by atoms with E-state index in [0.29, 0.717) is 12.1 Å². The van der Waals surface area contributed by atoms with E-state index in [9.17, 15) is 5.26 Å². The second kappa shape index (κ2) is 6.21. The summed E-state index contributed by atoms with van der Waals surface area (Å²) in [7, 11) is 3.68. The Labute approximate surface area is 117 Å². The van der Waals surface area contributed by atoms with Crippen LogP contribution in [0.2, 0.25) is 0 Å². The fraction of sp³-hybridized carbons (Fsp3) is 0.933. The van der Waals surface area contributed by atoms with Crippen molar-refractivity contribution in [3.8, 4) is 6.07 Å². The Hall–Kier alpha value is -0.630. The van der Waals surface area contributed by atoms with Gasteiger partial charge in [-0.15, -0.1) is 0 Å². The largest absolute Gasteiger partial charge is 0.383 e. The SMILES string of the molecule is CNC1(C#N)CCC(N(CCOC)C(C)C2CC2)C1. The zero-order chi connectivity index (χ0) is 13.9. The molecule has 0 aromatic rings. The van der Waals surface area contributed by atoms with E-state index in [1.165, 1.54) is 12.8 Å². The molecule has 0 heterocycles. The topological polar surface area (TPSA) is 48.3 Å². The van der Waals surface area contributed by atoms with Gasteiger partial charge in [-0.05, 0) is 52.0 Å². The lowest BCUT2D eigenvalue weighted by atomic mass is 9.99. The third-order valence-electron chi connectivity index (χ3n) is 5.03. The molecule has 0 aromatic carbocycles. The van der Waals surface area contributed by atoms with Crippen LogP contribution in [0.5, 0.6) is 0 Å². The molecule has 0 aromatic heterocycles. The lowest BCUT2D eigenvalue weighted by Crippen LogP contribution is -2.46. The zero-order valence-corrected chi connectivity index (χ0v) is 12.5. The Morgan fingerprint density at radius 3 is 2.68 bits per heavy atom. The van der Waals surface area contributed by atoms with Gasteiger partial charge >= 0.3 is 0 Å². The maximum absolute atomic E-state index is 9.40. The molecule has 19 heavy (non-hydrogen) atoms. The summed E-state index contributed by atoms with van der Waals surface area (Å²) in [5.41, 5.74) is -0.306. The molecule has 0 radical (unpaired) electrons. The van der Waals surface area contributed by atoms with Crippen molar-refractivity contribution in [2.24, 2.45) is 5.92 Å². The number of nitrogens with zero attached hydrogens (tertiary/aromatic N) is 2. The third kappa shape index (κ3) is 3.28. The molecule has 3 unspecified atom stereocenters. The van der Waals surface area contributed by atoms with Gasteiger partial charge in [0.05, 0.1) is 12.7 Å². The van der Waals surface area contributed by atoms with Crippen molar-refractivity contribution in [2.45, 2.75) is 56.7 Å². The van der Waals surface area contributed by atoms with Gasteiger partial charge in [0.15, 0.2) is 0 Å². The summed E-state index contributed by atoms with van der Waals surface area (Å²) in [4.78, 5) is 2.59. The summed E-state index contributed by atoms with van der Waals surface area (Å²) in [5, 5.41) is 12.6. The molecule has 0 spiro atoms. The summed E-state index contributed by atoms with van der Waals surface area (Å²) in [5.74, 6) is 0.864. The fourth-order valence-electron chi connectivity index (χ4n) is 3.45. The van der Waals surface area contributed by atoms with Crippen molar-refractivity contribution in [1.82, 2.24) is 10.2 Å². The van der Waals surface area contributed by atoms with Gasteiger partial charge in [0.2, 0.25) is 0 Å². The molecule has 2 fully saturated rings. The van der Waals surface area contributed by atoms with Gasteiger partial charge < -0.3 is 10.1 Å². The molecule has 2 aliphatic carbocycles. The molecule has 108 valence electrons. The van der Waals surface area contributed by atoms with Crippen molar-refractivity contribution in [1.29, 1.82) is 5.26 Å². The molecule has 0 amide bonds. The molecule has 1 N–H and O–H groups in total. The minimum atomic E-state index is -0.306. The average Bonchev–Trinajstić information content (AvgIpc) is 3.20. The van der Waals surface area contributed by atoms with Crippen LogP contribution in [-0.4, -0.2) is 49.8 Å². The highest BCUT2D eigenvalue weighted by atomic mass is 16.5. The quantitative estimate of drug-likeness (QED) is 0.762. The number of rotatable bonds is 7. The predicted octanol–water partition coefficient (Wildman–Crippen LogP) is 1.77. The lowest BCUT2D eigenvalue weighted by Gasteiger charge is -2.35. The number of methoxy groups -OCH3 is 1. The van der Waals surface area contributed by atoms with Gasteiger partial charge in [-0.2, -0.15) is 5.26 Å². The second-order valence-corrected chi connectivity index (χ2v) is 6.15. The highest BCUT2D eigenvalue weighted by Crippen LogP contribution is 2.39. The number of hydrogen-bond acceptors (Lipinski definition) is 4.